The number of aliphatic carboxylic acids is 1. The van der Waals surface area contributed by atoms with Crippen molar-refractivity contribution < 1.29 is 14.7 Å². The second kappa shape index (κ2) is 6.16. The van der Waals surface area contributed by atoms with E-state index in [-0.39, 0.29) is 12.1 Å². The Hall–Kier alpha value is -2.04. The van der Waals surface area contributed by atoms with Gasteiger partial charge in [-0.3, -0.25) is 4.79 Å². The second-order valence-electron chi connectivity index (χ2n) is 5.75. The molecule has 0 aromatic heterocycles. The van der Waals surface area contributed by atoms with E-state index in [0.717, 1.165) is 18.4 Å². The molecule has 21 heavy (non-hydrogen) atoms. The molecule has 0 bridgehead atoms. The summed E-state index contributed by atoms with van der Waals surface area (Å²) < 4.78 is 0. The van der Waals surface area contributed by atoms with Crippen molar-refractivity contribution in [3.63, 3.8) is 0 Å². The molecule has 1 aliphatic carbocycles. The van der Waals surface area contributed by atoms with Crippen molar-refractivity contribution in [2.45, 2.75) is 51.0 Å². The number of carboxylic acid groups (broad SMARTS) is 1. The third-order valence-electron chi connectivity index (χ3n) is 3.95. The summed E-state index contributed by atoms with van der Waals surface area (Å²) in [7, 11) is 0. The van der Waals surface area contributed by atoms with Gasteiger partial charge in [0.1, 0.15) is 0 Å². The highest BCUT2D eigenvalue weighted by molar-refractivity contribution is 5.90. The van der Waals surface area contributed by atoms with Crippen molar-refractivity contribution in [3.05, 3.63) is 29.8 Å². The summed E-state index contributed by atoms with van der Waals surface area (Å²) in [4.78, 5) is 23.0. The van der Waals surface area contributed by atoms with Gasteiger partial charge in [-0.1, -0.05) is 25.5 Å². The SMILES string of the molecule is CCCC(C)NC(=O)Nc1ccc(C2(C(=O)O)CC2)cc1. The molecule has 5 nitrogen and oxygen atoms in total. The number of carboxylic acids is 1. The first kappa shape index (κ1) is 15.4. The summed E-state index contributed by atoms with van der Waals surface area (Å²) in [6, 6.07) is 6.97. The first-order valence-electron chi connectivity index (χ1n) is 7.39. The van der Waals surface area contributed by atoms with E-state index in [1.54, 1.807) is 24.3 Å². The number of amides is 2. The average Bonchev–Trinajstić information content (AvgIpc) is 3.21. The van der Waals surface area contributed by atoms with Gasteiger partial charge in [-0.15, -0.1) is 0 Å². The summed E-state index contributed by atoms with van der Waals surface area (Å²) >= 11 is 0. The topological polar surface area (TPSA) is 78.4 Å². The molecule has 1 atom stereocenters. The Morgan fingerprint density at radius 3 is 2.38 bits per heavy atom. The van der Waals surface area contributed by atoms with Crippen molar-refractivity contribution in [1.29, 1.82) is 0 Å². The highest BCUT2D eigenvalue weighted by atomic mass is 16.4. The summed E-state index contributed by atoms with van der Waals surface area (Å²) in [5.41, 5.74) is 0.776. The third kappa shape index (κ3) is 3.54. The number of rotatable bonds is 6. The summed E-state index contributed by atoms with van der Waals surface area (Å²) in [5.74, 6) is -0.769. The van der Waals surface area contributed by atoms with Crippen LogP contribution in [0.2, 0.25) is 0 Å². The molecule has 3 N–H and O–H groups in total. The lowest BCUT2D eigenvalue weighted by Gasteiger charge is -2.14. The molecule has 1 saturated carbocycles. The molecule has 0 saturated heterocycles. The van der Waals surface area contributed by atoms with Gasteiger partial charge in [0, 0.05) is 11.7 Å². The minimum absolute atomic E-state index is 0.135. The van der Waals surface area contributed by atoms with Crippen LogP contribution < -0.4 is 10.6 Å². The number of hydrogen-bond donors (Lipinski definition) is 3. The maximum Gasteiger partial charge on any atom is 0.319 e. The Balaban J connectivity index is 1.94. The Kier molecular flexibility index (Phi) is 4.50. The number of urea groups is 1. The zero-order valence-corrected chi connectivity index (χ0v) is 12.5. The molecule has 2 amide bonds. The van der Waals surface area contributed by atoms with E-state index in [4.69, 9.17) is 0 Å². The number of carbonyl (C=O) groups is 2. The maximum atomic E-state index is 11.8. The quantitative estimate of drug-likeness (QED) is 0.753. The molecule has 1 aromatic carbocycles. The molecule has 1 unspecified atom stereocenters. The van der Waals surface area contributed by atoms with E-state index in [1.165, 1.54) is 0 Å². The number of nitrogens with one attached hydrogen (secondary N) is 2. The molecule has 5 heteroatoms. The van der Waals surface area contributed by atoms with Crippen LogP contribution >= 0.6 is 0 Å². The van der Waals surface area contributed by atoms with E-state index in [2.05, 4.69) is 17.6 Å². The minimum Gasteiger partial charge on any atom is -0.481 e. The van der Waals surface area contributed by atoms with Crippen LogP contribution in [-0.2, 0) is 10.2 Å². The van der Waals surface area contributed by atoms with Crippen LogP contribution in [0.5, 0.6) is 0 Å². The lowest BCUT2D eigenvalue weighted by Crippen LogP contribution is -2.35. The smallest absolute Gasteiger partial charge is 0.319 e. The zero-order valence-electron chi connectivity index (χ0n) is 12.5. The van der Waals surface area contributed by atoms with Crippen LogP contribution in [0, 0.1) is 0 Å². The fourth-order valence-corrected chi connectivity index (χ4v) is 2.52. The molecule has 114 valence electrons. The Morgan fingerprint density at radius 1 is 1.29 bits per heavy atom. The first-order valence-corrected chi connectivity index (χ1v) is 7.39. The summed E-state index contributed by atoms with van der Waals surface area (Å²) in [6.45, 7) is 4.04. The summed E-state index contributed by atoms with van der Waals surface area (Å²) in [5, 5.41) is 14.9. The van der Waals surface area contributed by atoms with Gasteiger partial charge in [0.15, 0.2) is 0 Å². The van der Waals surface area contributed by atoms with Gasteiger partial charge in [0.2, 0.25) is 0 Å². The standard InChI is InChI=1S/C16H22N2O3/c1-3-4-11(2)17-15(21)18-13-7-5-12(6-8-13)16(9-10-16)14(19)20/h5-8,11H,3-4,9-10H2,1-2H3,(H,19,20)(H2,17,18,21). The highest BCUT2D eigenvalue weighted by Gasteiger charge is 2.51. The minimum atomic E-state index is -0.769. The van der Waals surface area contributed by atoms with E-state index in [1.807, 2.05) is 6.92 Å². The van der Waals surface area contributed by atoms with Gasteiger partial charge < -0.3 is 15.7 Å². The van der Waals surface area contributed by atoms with Crippen molar-refractivity contribution in [1.82, 2.24) is 5.32 Å². The second-order valence-corrected chi connectivity index (χ2v) is 5.75. The van der Waals surface area contributed by atoms with Crippen LogP contribution in [0.4, 0.5) is 10.5 Å². The lowest BCUT2D eigenvalue weighted by atomic mass is 9.96. The van der Waals surface area contributed by atoms with E-state index < -0.39 is 11.4 Å². The van der Waals surface area contributed by atoms with Crippen molar-refractivity contribution in [2.24, 2.45) is 0 Å². The van der Waals surface area contributed by atoms with Gasteiger partial charge in [-0.2, -0.15) is 0 Å². The van der Waals surface area contributed by atoms with Gasteiger partial charge in [-0.05, 0) is 43.9 Å². The maximum absolute atomic E-state index is 11.8. The predicted molar refractivity (Wildman–Crippen MR) is 81.5 cm³/mol. The molecule has 0 radical (unpaired) electrons. The van der Waals surface area contributed by atoms with E-state index in [9.17, 15) is 14.7 Å². The molecular formula is C16H22N2O3. The average molecular weight is 290 g/mol. The van der Waals surface area contributed by atoms with Crippen LogP contribution in [0.25, 0.3) is 0 Å². The normalized spacial score (nSPS) is 16.9. The molecule has 1 aliphatic rings. The van der Waals surface area contributed by atoms with Crippen molar-refractivity contribution in [2.75, 3.05) is 5.32 Å². The fourth-order valence-electron chi connectivity index (χ4n) is 2.52. The number of carbonyl (C=O) groups excluding carboxylic acids is 1. The molecule has 0 heterocycles. The lowest BCUT2D eigenvalue weighted by molar-refractivity contribution is -0.140. The van der Waals surface area contributed by atoms with E-state index >= 15 is 0 Å². The Labute approximate surface area is 124 Å². The molecule has 0 spiro atoms. The Morgan fingerprint density at radius 2 is 1.90 bits per heavy atom. The monoisotopic (exact) mass is 290 g/mol. The predicted octanol–water partition coefficient (Wildman–Crippen LogP) is 3.11. The molecule has 0 aliphatic heterocycles. The van der Waals surface area contributed by atoms with E-state index in [0.29, 0.717) is 18.5 Å². The number of benzene rings is 1. The molecule has 1 fully saturated rings. The summed E-state index contributed by atoms with van der Waals surface area (Å²) in [6.07, 6.45) is 3.33. The largest absolute Gasteiger partial charge is 0.481 e. The molecule has 2 rings (SSSR count). The van der Waals surface area contributed by atoms with Crippen LogP contribution in [0.1, 0.15) is 45.1 Å². The number of anilines is 1. The van der Waals surface area contributed by atoms with Crippen LogP contribution in [0.15, 0.2) is 24.3 Å². The van der Waals surface area contributed by atoms with Crippen molar-refractivity contribution >= 4 is 17.7 Å². The van der Waals surface area contributed by atoms with Gasteiger partial charge in [0.25, 0.3) is 0 Å². The van der Waals surface area contributed by atoms with Gasteiger partial charge >= 0.3 is 12.0 Å². The zero-order chi connectivity index (χ0) is 15.5. The van der Waals surface area contributed by atoms with Crippen LogP contribution in [-0.4, -0.2) is 23.1 Å². The van der Waals surface area contributed by atoms with Gasteiger partial charge in [-0.25, -0.2) is 4.79 Å². The first-order chi connectivity index (χ1) is 9.98. The van der Waals surface area contributed by atoms with Gasteiger partial charge in [0.05, 0.1) is 5.41 Å². The van der Waals surface area contributed by atoms with Crippen molar-refractivity contribution in [3.8, 4) is 0 Å². The third-order valence-corrected chi connectivity index (χ3v) is 3.95. The molecule has 1 aromatic rings. The molecular weight excluding hydrogens is 268 g/mol. The fraction of sp³-hybridized carbons (Fsp3) is 0.500. The van der Waals surface area contributed by atoms with Crippen LogP contribution in [0.3, 0.4) is 0 Å². The Bertz CT molecular complexity index is 521. The number of hydrogen-bond acceptors (Lipinski definition) is 2. The highest BCUT2D eigenvalue weighted by Crippen LogP contribution is 2.48.